The molecule has 80 valence electrons. The SMILES string of the molecule is COCCNc1nc(N)nc2[nH]ncc12. The molecule has 7 nitrogen and oxygen atoms in total. The molecule has 0 amide bonds. The molecule has 0 radical (unpaired) electrons. The van der Waals surface area contributed by atoms with Crippen LogP contribution in [0.25, 0.3) is 11.0 Å². The molecular weight excluding hydrogens is 196 g/mol. The summed E-state index contributed by atoms with van der Waals surface area (Å²) in [5.74, 6) is 0.884. The van der Waals surface area contributed by atoms with E-state index in [0.717, 1.165) is 5.39 Å². The van der Waals surface area contributed by atoms with Gasteiger partial charge in [-0.15, -0.1) is 0 Å². The van der Waals surface area contributed by atoms with Gasteiger partial charge in [0.05, 0.1) is 18.2 Å². The van der Waals surface area contributed by atoms with Gasteiger partial charge in [0.25, 0.3) is 0 Å². The van der Waals surface area contributed by atoms with Crippen molar-refractivity contribution in [1.82, 2.24) is 20.2 Å². The minimum absolute atomic E-state index is 0.215. The second-order valence-corrected chi connectivity index (χ2v) is 2.98. The van der Waals surface area contributed by atoms with Crippen molar-refractivity contribution in [3.8, 4) is 0 Å². The second kappa shape index (κ2) is 4.09. The van der Waals surface area contributed by atoms with Crippen molar-refractivity contribution in [2.24, 2.45) is 0 Å². The van der Waals surface area contributed by atoms with Crippen LogP contribution in [0.15, 0.2) is 6.20 Å². The van der Waals surface area contributed by atoms with E-state index in [9.17, 15) is 0 Å². The van der Waals surface area contributed by atoms with Crippen LogP contribution in [0.1, 0.15) is 0 Å². The minimum atomic E-state index is 0.215. The molecule has 0 saturated heterocycles. The van der Waals surface area contributed by atoms with Gasteiger partial charge in [0.1, 0.15) is 5.82 Å². The van der Waals surface area contributed by atoms with E-state index in [1.807, 2.05) is 0 Å². The Morgan fingerprint density at radius 3 is 3.20 bits per heavy atom. The van der Waals surface area contributed by atoms with Crippen LogP contribution in [0, 0.1) is 0 Å². The van der Waals surface area contributed by atoms with E-state index in [1.54, 1.807) is 13.3 Å². The normalized spacial score (nSPS) is 10.7. The highest BCUT2D eigenvalue weighted by Crippen LogP contribution is 2.18. The molecular formula is C8H12N6O. The number of rotatable bonds is 4. The molecule has 0 unspecified atom stereocenters. The van der Waals surface area contributed by atoms with Gasteiger partial charge >= 0.3 is 0 Å². The molecule has 4 N–H and O–H groups in total. The molecule has 0 fully saturated rings. The van der Waals surface area contributed by atoms with Crippen LogP contribution in [-0.2, 0) is 4.74 Å². The Morgan fingerprint density at radius 2 is 2.40 bits per heavy atom. The maximum atomic E-state index is 5.55. The lowest BCUT2D eigenvalue weighted by Crippen LogP contribution is -2.10. The van der Waals surface area contributed by atoms with Crippen LogP contribution < -0.4 is 11.1 Å². The van der Waals surface area contributed by atoms with E-state index < -0.39 is 0 Å². The van der Waals surface area contributed by atoms with Gasteiger partial charge in [-0.3, -0.25) is 5.10 Å². The lowest BCUT2D eigenvalue weighted by Gasteiger charge is -2.05. The molecule has 0 aliphatic rings. The number of methoxy groups -OCH3 is 1. The fraction of sp³-hybridized carbons (Fsp3) is 0.375. The van der Waals surface area contributed by atoms with Crippen molar-refractivity contribution in [3.05, 3.63) is 6.20 Å². The Morgan fingerprint density at radius 1 is 1.53 bits per heavy atom. The molecule has 15 heavy (non-hydrogen) atoms. The first kappa shape index (κ1) is 9.66. The third kappa shape index (κ3) is 1.96. The number of nitrogen functional groups attached to an aromatic ring is 1. The van der Waals surface area contributed by atoms with E-state index in [1.165, 1.54) is 0 Å². The molecule has 2 aromatic rings. The summed E-state index contributed by atoms with van der Waals surface area (Å²) >= 11 is 0. The second-order valence-electron chi connectivity index (χ2n) is 2.98. The number of nitrogens with two attached hydrogens (primary N) is 1. The summed E-state index contributed by atoms with van der Waals surface area (Å²) in [5.41, 5.74) is 6.17. The number of nitrogens with one attached hydrogen (secondary N) is 2. The number of hydrogen-bond donors (Lipinski definition) is 3. The number of fused-ring (bicyclic) bond motifs is 1. The molecule has 0 saturated carbocycles. The van der Waals surface area contributed by atoms with Gasteiger partial charge < -0.3 is 15.8 Å². The number of nitrogens with zero attached hydrogens (tertiary/aromatic N) is 3. The fourth-order valence-corrected chi connectivity index (χ4v) is 1.26. The number of H-pyrrole nitrogens is 1. The van der Waals surface area contributed by atoms with Gasteiger partial charge in [0, 0.05) is 13.7 Å². The summed E-state index contributed by atoms with van der Waals surface area (Å²) in [7, 11) is 1.64. The lowest BCUT2D eigenvalue weighted by atomic mass is 10.4. The van der Waals surface area contributed by atoms with E-state index in [-0.39, 0.29) is 5.95 Å². The first-order chi connectivity index (χ1) is 7.31. The van der Waals surface area contributed by atoms with Crippen molar-refractivity contribution >= 4 is 22.8 Å². The predicted octanol–water partition coefficient (Wildman–Crippen LogP) is -0.00660. The van der Waals surface area contributed by atoms with Crippen molar-refractivity contribution in [1.29, 1.82) is 0 Å². The highest BCUT2D eigenvalue weighted by atomic mass is 16.5. The monoisotopic (exact) mass is 208 g/mol. The largest absolute Gasteiger partial charge is 0.383 e. The molecule has 2 aromatic heterocycles. The van der Waals surface area contributed by atoms with Crippen LogP contribution in [0.2, 0.25) is 0 Å². The smallest absolute Gasteiger partial charge is 0.224 e. The zero-order chi connectivity index (χ0) is 10.7. The summed E-state index contributed by atoms with van der Waals surface area (Å²) in [6, 6.07) is 0. The fourth-order valence-electron chi connectivity index (χ4n) is 1.26. The number of aromatic amines is 1. The Labute approximate surface area is 86.0 Å². The van der Waals surface area contributed by atoms with Crippen molar-refractivity contribution in [3.63, 3.8) is 0 Å². The molecule has 0 aliphatic carbocycles. The van der Waals surface area contributed by atoms with Crippen molar-refractivity contribution in [2.45, 2.75) is 0 Å². The number of aromatic nitrogens is 4. The molecule has 2 heterocycles. The van der Waals surface area contributed by atoms with Gasteiger partial charge in [0.2, 0.25) is 5.95 Å². The van der Waals surface area contributed by atoms with Gasteiger partial charge in [0.15, 0.2) is 5.65 Å². The topological polar surface area (TPSA) is 102 Å². The maximum absolute atomic E-state index is 5.55. The average molecular weight is 208 g/mol. The third-order valence-electron chi connectivity index (χ3n) is 1.93. The summed E-state index contributed by atoms with van der Waals surface area (Å²) in [5, 5.41) is 10.5. The summed E-state index contributed by atoms with van der Waals surface area (Å²) < 4.78 is 4.93. The van der Waals surface area contributed by atoms with Crippen molar-refractivity contribution < 1.29 is 4.74 Å². The van der Waals surface area contributed by atoms with Gasteiger partial charge in [-0.2, -0.15) is 15.1 Å². The predicted molar refractivity (Wildman–Crippen MR) is 56.5 cm³/mol. The van der Waals surface area contributed by atoms with E-state index in [2.05, 4.69) is 25.5 Å². The zero-order valence-electron chi connectivity index (χ0n) is 8.32. The molecule has 0 spiro atoms. The molecule has 0 atom stereocenters. The summed E-state index contributed by atoms with van der Waals surface area (Å²) in [4.78, 5) is 8.09. The van der Waals surface area contributed by atoms with Gasteiger partial charge in [-0.1, -0.05) is 0 Å². The molecule has 0 aromatic carbocycles. The summed E-state index contributed by atoms with van der Waals surface area (Å²) in [6.45, 7) is 1.26. The maximum Gasteiger partial charge on any atom is 0.224 e. The zero-order valence-corrected chi connectivity index (χ0v) is 8.32. The van der Waals surface area contributed by atoms with Crippen LogP contribution >= 0.6 is 0 Å². The minimum Gasteiger partial charge on any atom is -0.383 e. The van der Waals surface area contributed by atoms with Crippen LogP contribution in [0.3, 0.4) is 0 Å². The average Bonchev–Trinajstić information content (AvgIpc) is 2.65. The van der Waals surface area contributed by atoms with Gasteiger partial charge in [-0.05, 0) is 0 Å². The molecule has 7 heteroatoms. The Hall–Kier alpha value is -1.89. The van der Waals surface area contributed by atoms with Crippen molar-refractivity contribution in [2.75, 3.05) is 31.3 Å². The van der Waals surface area contributed by atoms with E-state index in [4.69, 9.17) is 10.5 Å². The highest BCUT2D eigenvalue weighted by molar-refractivity contribution is 5.86. The van der Waals surface area contributed by atoms with Crippen LogP contribution in [-0.4, -0.2) is 40.4 Å². The standard InChI is InChI=1S/C8H12N6O/c1-15-3-2-10-6-5-4-11-14-7(5)13-8(9)12-6/h4H,2-3H2,1H3,(H4,9,10,11,12,13,14). The molecule has 0 aliphatic heterocycles. The Bertz CT molecular complexity index is 453. The Kier molecular flexibility index (Phi) is 2.64. The lowest BCUT2D eigenvalue weighted by molar-refractivity contribution is 0.210. The first-order valence-electron chi connectivity index (χ1n) is 4.50. The Balaban J connectivity index is 2.27. The van der Waals surface area contributed by atoms with Crippen LogP contribution in [0.4, 0.5) is 11.8 Å². The third-order valence-corrected chi connectivity index (χ3v) is 1.93. The molecule has 2 rings (SSSR count). The first-order valence-corrected chi connectivity index (χ1v) is 4.50. The van der Waals surface area contributed by atoms with E-state index in [0.29, 0.717) is 24.6 Å². The van der Waals surface area contributed by atoms with Crippen LogP contribution in [0.5, 0.6) is 0 Å². The summed E-state index contributed by atoms with van der Waals surface area (Å²) in [6.07, 6.45) is 1.66. The van der Waals surface area contributed by atoms with Gasteiger partial charge in [-0.25, -0.2) is 0 Å². The highest BCUT2D eigenvalue weighted by Gasteiger charge is 2.06. The number of anilines is 2. The number of ether oxygens (including phenoxy) is 1. The quantitative estimate of drug-likeness (QED) is 0.611. The number of hydrogen-bond acceptors (Lipinski definition) is 6. The van der Waals surface area contributed by atoms with E-state index >= 15 is 0 Å². The molecule has 0 bridgehead atoms.